The molecule has 0 spiro atoms. The van der Waals surface area contributed by atoms with Gasteiger partial charge in [-0.3, -0.25) is 4.79 Å². The lowest BCUT2D eigenvalue weighted by Gasteiger charge is -2.41. The molecule has 0 radical (unpaired) electrons. The second-order valence-corrected chi connectivity index (χ2v) is 19.6. The Labute approximate surface area is 308 Å². The van der Waals surface area contributed by atoms with Gasteiger partial charge in [-0.25, -0.2) is 3.63 Å². The van der Waals surface area contributed by atoms with Crippen molar-refractivity contribution in [1.82, 2.24) is 0 Å². The van der Waals surface area contributed by atoms with Crippen molar-refractivity contribution in [3.05, 3.63) is 72.8 Å². The molecule has 3 saturated heterocycles. The fourth-order valence-electron chi connectivity index (χ4n) is 8.62. The largest absolute Gasteiger partial charge is 0.465 e. The van der Waals surface area contributed by atoms with Crippen molar-refractivity contribution in [1.29, 1.82) is 0 Å². The van der Waals surface area contributed by atoms with Crippen LogP contribution in [0.2, 0.25) is 0 Å². The molecule has 5 aliphatic rings. The number of fused-ring (bicyclic) bond motifs is 2. The summed E-state index contributed by atoms with van der Waals surface area (Å²) in [7, 11) is -7.34. The van der Waals surface area contributed by atoms with Gasteiger partial charge in [-0.15, -0.1) is 0 Å². The van der Waals surface area contributed by atoms with Crippen LogP contribution in [-0.4, -0.2) is 58.6 Å². The van der Waals surface area contributed by atoms with Crippen molar-refractivity contribution >= 4 is 26.2 Å². The summed E-state index contributed by atoms with van der Waals surface area (Å²) in [5.74, 6) is 1.64. The molecule has 2 saturated carbocycles. The number of carbonyl (C=O) groups is 1. The number of ketones is 1. The molecule has 5 fully saturated rings. The van der Waals surface area contributed by atoms with E-state index in [9.17, 15) is 13.2 Å². The minimum absolute atomic E-state index is 0.0171. The summed E-state index contributed by atoms with van der Waals surface area (Å²) >= 11 is 0. The SMILES string of the molecule is CC1(C)C2CCC1(CS(=O)(=O)OS(c1ccc(OC3CCCO3)cc1)(c1ccc(OC3CCCO3)cc1)c1ccc(OC3CCCO3)cc1)C(=O)C2. The van der Waals surface area contributed by atoms with Crippen molar-refractivity contribution in [2.24, 2.45) is 16.7 Å². The van der Waals surface area contributed by atoms with Gasteiger partial charge in [-0.05, 0) is 127 Å². The Morgan fingerprint density at radius 1 is 0.635 bits per heavy atom. The zero-order valence-corrected chi connectivity index (χ0v) is 31.5. The van der Waals surface area contributed by atoms with Crippen molar-refractivity contribution in [2.75, 3.05) is 25.6 Å². The molecule has 0 N–H and O–H groups in total. The number of carbonyl (C=O) groups excluding carboxylic acids is 1. The molecule has 3 heterocycles. The number of ether oxygens (including phenoxy) is 6. The number of hydrogen-bond acceptors (Lipinski definition) is 10. The molecule has 3 aliphatic heterocycles. The number of rotatable bonds is 13. The highest BCUT2D eigenvalue weighted by atomic mass is 32.3. The Balaban J connectivity index is 1.22. The van der Waals surface area contributed by atoms with Crippen LogP contribution in [-0.2, 0) is 32.8 Å². The Bertz CT molecular complexity index is 1680. The van der Waals surface area contributed by atoms with E-state index >= 15 is 0 Å². The summed E-state index contributed by atoms with van der Waals surface area (Å²) in [6.07, 6.45) is 6.00. The molecule has 2 aliphatic carbocycles. The molecule has 12 heteroatoms. The first-order valence-electron chi connectivity index (χ1n) is 18.5. The quantitative estimate of drug-likeness (QED) is 0.169. The predicted octanol–water partition coefficient (Wildman–Crippen LogP) is 8.17. The normalized spacial score (nSPS) is 29.9. The molecule has 0 aromatic heterocycles. The van der Waals surface area contributed by atoms with Gasteiger partial charge in [0.2, 0.25) is 0 Å². The molecule has 8 rings (SSSR count). The van der Waals surface area contributed by atoms with Gasteiger partial charge in [0.05, 0.1) is 31.0 Å². The first kappa shape index (κ1) is 35.9. The molecule has 52 heavy (non-hydrogen) atoms. The second-order valence-electron chi connectivity index (χ2n) is 15.1. The minimum atomic E-state index is -4.34. The summed E-state index contributed by atoms with van der Waals surface area (Å²) in [6, 6.07) is 22.2. The average molecular weight is 753 g/mol. The number of hydrogen-bond donors (Lipinski definition) is 0. The predicted molar refractivity (Wildman–Crippen MR) is 194 cm³/mol. The van der Waals surface area contributed by atoms with Gasteiger partial charge < -0.3 is 28.4 Å². The van der Waals surface area contributed by atoms with Crippen molar-refractivity contribution < 1.29 is 45.3 Å². The average Bonchev–Trinajstić information content (AvgIpc) is 3.98. The summed E-state index contributed by atoms with van der Waals surface area (Å²) in [5, 5.41) is 0. The Kier molecular flexibility index (Phi) is 9.84. The van der Waals surface area contributed by atoms with Crippen LogP contribution in [0.3, 0.4) is 0 Å². The van der Waals surface area contributed by atoms with Crippen molar-refractivity contribution in [3.8, 4) is 17.2 Å². The molecule has 2 bridgehead atoms. The van der Waals surface area contributed by atoms with Gasteiger partial charge in [0, 0.05) is 40.4 Å². The zero-order valence-electron chi connectivity index (χ0n) is 29.8. The zero-order chi connectivity index (χ0) is 36.0. The molecule has 5 unspecified atom stereocenters. The van der Waals surface area contributed by atoms with Crippen LogP contribution in [0.5, 0.6) is 17.2 Å². The van der Waals surface area contributed by atoms with E-state index in [1.54, 1.807) is 0 Å². The van der Waals surface area contributed by atoms with Crippen LogP contribution in [0, 0.1) is 16.7 Å². The summed E-state index contributed by atoms with van der Waals surface area (Å²) in [6.45, 7) is 6.04. The van der Waals surface area contributed by atoms with Gasteiger partial charge in [-0.2, -0.15) is 8.42 Å². The van der Waals surface area contributed by atoms with E-state index < -0.39 is 31.3 Å². The van der Waals surface area contributed by atoms with Gasteiger partial charge in [0.1, 0.15) is 23.0 Å². The maximum Gasteiger partial charge on any atom is 0.278 e. The van der Waals surface area contributed by atoms with Crippen LogP contribution in [0.25, 0.3) is 0 Å². The highest BCUT2D eigenvalue weighted by Crippen LogP contribution is 2.71. The Hall–Kier alpha value is -3.13. The van der Waals surface area contributed by atoms with E-state index in [2.05, 4.69) is 0 Å². The maximum atomic E-state index is 14.8. The van der Waals surface area contributed by atoms with Crippen LogP contribution < -0.4 is 14.2 Å². The molecule has 3 aromatic rings. The first-order valence-corrected chi connectivity index (χ1v) is 21.7. The fourth-order valence-corrected chi connectivity index (χ4v) is 14.7. The lowest BCUT2D eigenvalue weighted by atomic mass is 9.70. The minimum Gasteiger partial charge on any atom is -0.465 e. The topological polar surface area (TPSA) is 116 Å². The van der Waals surface area contributed by atoms with Crippen LogP contribution in [0.1, 0.15) is 71.6 Å². The van der Waals surface area contributed by atoms with Gasteiger partial charge in [0.15, 0.2) is 18.9 Å². The molecule has 0 amide bonds. The Morgan fingerprint density at radius 3 is 1.35 bits per heavy atom. The van der Waals surface area contributed by atoms with Gasteiger partial charge in [0.25, 0.3) is 10.1 Å². The monoisotopic (exact) mass is 752 g/mol. The molecular weight excluding hydrogens is 705 g/mol. The Morgan fingerprint density at radius 2 is 1.04 bits per heavy atom. The summed E-state index contributed by atoms with van der Waals surface area (Å²) in [4.78, 5) is 15.5. The first-order chi connectivity index (χ1) is 25.1. The fraction of sp³-hybridized carbons (Fsp3) is 0.525. The van der Waals surface area contributed by atoms with E-state index in [1.165, 1.54) is 0 Å². The molecule has 3 aromatic carbocycles. The van der Waals surface area contributed by atoms with Crippen molar-refractivity contribution in [3.63, 3.8) is 0 Å². The van der Waals surface area contributed by atoms with E-state index in [0.717, 1.165) is 44.9 Å². The second kappa shape index (κ2) is 14.3. The molecule has 280 valence electrons. The summed E-state index contributed by atoms with van der Waals surface area (Å²) in [5.41, 5.74) is -1.46. The third-order valence-corrected chi connectivity index (χ3v) is 17.0. The number of benzene rings is 3. The molecule has 5 atom stereocenters. The lowest BCUT2D eigenvalue weighted by molar-refractivity contribution is -0.128. The standard InChI is InChI=1S/C40H48O10S2/c1-39(2)28-21-22-40(39,35(41)26-28)27-51(42,43)50-52(32-15-9-29(10-16-32)47-36-6-3-23-44-36,33-17-11-30(12-18-33)48-37-7-4-24-45-37)34-19-13-31(14-20-34)49-38-8-5-25-46-38/h9-20,28,36-38H,3-8,21-27H2,1-2H3. The third-order valence-electron chi connectivity index (χ3n) is 11.7. The van der Waals surface area contributed by atoms with E-state index in [4.69, 9.17) is 32.1 Å². The van der Waals surface area contributed by atoms with Crippen LogP contribution in [0.4, 0.5) is 0 Å². The molecular formula is C40H48O10S2. The van der Waals surface area contributed by atoms with Gasteiger partial charge in [-0.1, -0.05) is 13.8 Å². The maximum absolute atomic E-state index is 14.8. The van der Waals surface area contributed by atoms with Crippen molar-refractivity contribution in [2.45, 2.75) is 105 Å². The third kappa shape index (κ3) is 6.75. The highest BCUT2D eigenvalue weighted by molar-refractivity contribution is 8.33. The van der Waals surface area contributed by atoms with E-state index in [-0.39, 0.29) is 36.3 Å². The lowest BCUT2D eigenvalue weighted by Crippen LogP contribution is -2.42. The number of Topliss-reactive ketones (excluding diaryl/α,β-unsaturated/α-hetero) is 1. The van der Waals surface area contributed by atoms with E-state index in [1.807, 2.05) is 86.6 Å². The summed E-state index contributed by atoms with van der Waals surface area (Å²) < 4.78 is 71.7. The van der Waals surface area contributed by atoms with E-state index in [0.29, 0.717) is 64.6 Å². The highest BCUT2D eigenvalue weighted by Gasteiger charge is 2.66. The molecule has 10 nitrogen and oxygen atoms in total. The smallest absolute Gasteiger partial charge is 0.278 e. The van der Waals surface area contributed by atoms with Crippen LogP contribution >= 0.6 is 10.3 Å². The van der Waals surface area contributed by atoms with Crippen LogP contribution in [0.15, 0.2) is 87.5 Å². The van der Waals surface area contributed by atoms with Gasteiger partial charge >= 0.3 is 0 Å².